The minimum Gasteiger partial charge on any atom is -0.465 e. The molecule has 1 N–H and O–H groups in total. The van der Waals surface area contributed by atoms with Gasteiger partial charge in [-0.2, -0.15) is 0 Å². The third-order valence-corrected chi connectivity index (χ3v) is 3.85. The van der Waals surface area contributed by atoms with E-state index in [9.17, 15) is 9.59 Å². The lowest BCUT2D eigenvalue weighted by atomic mass is 10.4. The van der Waals surface area contributed by atoms with E-state index in [-0.39, 0.29) is 5.91 Å². The molecule has 0 aromatic carbocycles. The first-order chi connectivity index (χ1) is 8.04. The molecule has 0 aliphatic rings. The number of methoxy groups -OCH3 is 1. The zero-order valence-electron chi connectivity index (χ0n) is 9.98. The molecule has 6 heteroatoms. The molecule has 17 heavy (non-hydrogen) atoms. The third kappa shape index (κ3) is 4.40. The zero-order valence-corrected chi connectivity index (χ0v) is 11.6. The predicted molar refractivity (Wildman–Crippen MR) is 71.9 cm³/mol. The summed E-state index contributed by atoms with van der Waals surface area (Å²) in [6.07, 6.45) is 0. The maximum absolute atomic E-state index is 11.6. The maximum Gasteiger partial charge on any atom is 0.350 e. The van der Waals surface area contributed by atoms with Crippen LogP contribution >= 0.6 is 23.1 Å². The molecule has 1 rings (SSSR count). The van der Waals surface area contributed by atoms with Crippen LogP contribution in [0.25, 0.3) is 0 Å². The van der Waals surface area contributed by atoms with E-state index in [2.05, 4.69) is 10.1 Å². The van der Waals surface area contributed by atoms with Crippen LogP contribution in [-0.2, 0) is 9.53 Å². The summed E-state index contributed by atoms with van der Waals surface area (Å²) in [5, 5.41) is 4.86. The Morgan fingerprint density at radius 2 is 2.24 bits per heavy atom. The number of hydrogen-bond acceptors (Lipinski definition) is 5. The lowest BCUT2D eigenvalue weighted by Gasteiger charge is -2.06. The van der Waals surface area contributed by atoms with E-state index in [1.165, 1.54) is 18.4 Å². The summed E-state index contributed by atoms with van der Waals surface area (Å²) in [7, 11) is 1.32. The van der Waals surface area contributed by atoms with Crippen LogP contribution in [0.1, 0.15) is 23.5 Å². The van der Waals surface area contributed by atoms with Gasteiger partial charge in [0.25, 0.3) is 0 Å². The van der Waals surface area contributed by atoms with Crippen molar-refractivity contribution >= 4 is 40.7 Å². The number of nitrogens with one attached hydrogen (secondary N) is 1. The van der Waals surface area contributed by atoms with Crippen molar-refractivity contribution in [2.75, 3.05) is 18.2 Å². The van der Waals surface area contributed by atoms with Gasteiger partial charge in [-0.15, -0.1) is 23.1 Å². The van der Waals surface area contributed by atoms with Crippen molar-refractivity contribution in [2.24, 2.45) is 0 Å². The highest BCUT2D eigenvalue weighted by atomic mass is 32.2. The van der Waals surface area contributed by atoms with Crippen LogP contribution in [0.3, 0.4) is 0 Å². The van der Waals surface area contributed by atoms with Crippen LogP contribution in [0, 0.1) is 0 Å². The summed E-state index contributed by atoms with van der Waals surface area (Å²) in [4.78, 5) is 23.4. The smallest absolute Gasteiger partial charge is 0.350 e. The molecule has 94 valence electrons. The first-order valence-corrected chi connectivity index (χ1v) is 7.04. The standard InChI is InChI=1S/C11H15NO3S2/c1-7(2)17-6-9(13)12-8-4-5-16-10(8)11(14)15-3/h4-5,7H,6H2,1-3H3,(H,12,13). The predicted octanol–water partition coefficient (Wildman–Crippen LogP) is 2.61. The van der Waals surface area contributed by atoms with Crippen LogP contribution < -0.4 is 5.32 Å². The molecule has 0 saturated carbocycles. The molecule has 0 aliphatic heterocycles. The number of carbonyl (C=O) groups excluding carboxylic acids is 2. The van der Waals surface area contributed by atoms with Crippen molar-refractivity contribution in [3.63, 3.8) is 0 Å². The Morgan fingerprint density at radius 3 is 2.82 bits per heavy atom. The van der Waals surface area contributed by atoms with Crippen LogP contribution in [0.5, 0.6) is 0 Å². The van der Waals surface area contributed by atoms with Crippen molar-refractivity contribution in [2.45, 2.75) is 19.1 Å². The molecular weight excluding hydrogens is 258 g/mol. The maximum atomic E-state index is 11.6. The van der Waals surface area contributed by atoms with E-state index in [4.69, 9.17) is 0 Å². The number of hydrogen-bond donors (Lipinski definition) is 1. The van der Waals surface area contributed by atoms with E-state index in [1.54, 1.807) is 23.2 Å². The summed E-state index contributed by atoms with van der Waals surface area (Å²) >= 11 is 2.81. The Labute approximate surface area is 109 Å². The van der Waals surface area contributed by atoms with Crippen molar-refractivity contribution in [1.29, 1.82) is 0 Å². The van der Waals surface area contributed by atoms with Gasteiger partial charge in [-0.1, -0.05) is 13.8 Å². The van der Waals surface area contributed by atoms with Crippen molar-refractivity contribution in [3.05, 3.63) is 16.3 Å². The molecule has 0 aliphatic carbocycles. The number of rotatable bonds is 5. The quantitative estimate of drug-likeness (QED) is 0.838. The van der Waals surface area contributed by atoms with Crippen molar-refractivity contribution < 1.29 is 14.3 Å². The summed E-state index contributed by atoms with van der Waals surface area (Å²) in [6, 6.07) is 1.70. The van der Waals surface area contributed by atoms with Gasteiger partial charge in [0, 0.05) is 0 Å². The molecule has 1 aromatic rings. The van der Waals surface area contributed by atoms with Gasteiger partial charge in [-0.25, -0.2) is 4.79 Å². The Hall–Kier alpha value is -1.01. The Kier molecular flexibility index (Phi) is 5.50. The monoisotopic (exact) mass is 273 g/mol. The second kappa shape index (κ2) is 6.66. The lowest BCUT2D eigenvalue weighted by Crippen LogP contribution is -2.16. The van der Waals surface area contributed by atoms with Gasteiger partial charge < -0.3 is 10.1 Å². The minimum absolute atomic E-state index is 0.104. The van der Waals surface area contributed by atoms with Gasteiger partial charge >= 0.3 is 5.97 Å². The fourth-order valence-corrected chi connectivity index (χ4v) is 2.41. The summed E-state index contributed by atoms with van der Waals surface area (Å²) in [5.74, 6) is -0.146. The number of anilines is 1. The number of esters is 1. The molecule has 0 spiro atoms. The van der Waals surface area contributed by atoms with Crippen LogP contribution in [0.15, 0.2) is 11.4 Å². The van der Waals surface area contributed by atoms with Gasteiger partial charge in [0.1, 0.15) is 4.88 Å². The summed E-state index contributed by atoms with van der Waals surface area (Å²) in [5.41, 5.74) is 0.524. The third-order valence-electron chi connectivity index (χ3n) is 1.86. The number of amides is 1. The van der Waals surface area contributed by atoms with Gasteiger partial charge in [0.2, 0.25) is 5.91 Å². The second-order valence-corrected chi connectivity index (χ2v) is 6.04. The van der Waals surface area contributed by atoms with Gasteiger partial charge in [-0.3, -0.25) is 4.79 Å². The SMILES string of the molecule is COC(=O)c1sccc1NC(=O)CSC(C)C. The highest BCUT2D eigenvalue weighted by Crippen LogP contribution is 2.23. The van der Waals surface area contributed by atoms with Crippen molar-refractivity contribution in [1.82, 2.24) is 0 Å². The van der Waals surface area contributed by atoms with E-state index in [0.717, 1.165) is 0 Å². The Balaban J connectivity index is 2.59. The normalized spacial score (nSPS) is 10.4. The average Bonchev–Trinajstić information content (AvgIpc) is 2.73. The molecule has 0 saturated heterocycles. The van der Waals surface area contributed by atoms with Gasteiger partial charge in [-0.05, 0) is 16.7 Å². The molecule has 0 atom stereocenters. The number of thioether (sulfide) groups is 1. The molecule has 1 aromatic heterocycles. The topological polar surface area (TPSA) is 55.4 Å². The molecule has 0 bridgehead atoms. The Morgan fingerprint density at radius 1 is 1.53 bits per heavy atom. The van der Waals surface area contributed by atoms with E-state index < -0.39 is 5.97 Å². The minimum atomic E-state index is -0.424. The summed E-state index contributed by atoms with van der Waals surface area (Å²) in [6.45, 7) is 4.06. The van der Waals surface area contributed by atoms with E-state index >= 15 is 0 Å². The van der Waals surface area contributed by atoms with Crippen molar-refractivity contribution in [3.8, 4) is 0 Å². The molecule has 0 fully saturated rings. The van der Waals surface area contributed by atoms with Crippen LogP contribution in [-0.4, -0.2) is 30.0 Å². The molecule has 1 amide bonds. The zero-order chi connectivity index (χ0) is 12.8. The average molecular weight is 273 g/mol. The molecule has 1 heterocycles. The summed E-state index contributed by atoms with van der Waals surface area (Å²) < 4.78 is 4.63. The molecule has 0 radical (unpaired) electrons. The highest BCUT2D eigenvalue weighted by molar-refractivity contribution is 8.00. The first-order valence-electron chi connectivity index (χ1n) is 5.12. The number of thiophene rings is 1. The number of ether oxygens (including phenoxy) is 1. The van der Waals surface area contributed by atoms with Crippen LogP contribution in [0.2, 0.25) is 0 Å². The van der Waals surface area contributed by atoms with Gasteiger partial charge in [0.05, 0.1) is 18.6 Å². The highest BCUT2D eigenvalue weighted by Gasteiger charge is 2.15. The molecule has 4 nitrogen and oxygen atoms in total. The Bertz CT molecular complexity index is 401. The molecule has 0 unspecified atom stereocenters. The van der Waals surface area contributed by atoms with E-state index in [1.807, 2.05) is 13.8 Å². The fourth-order valence-electron chi connectivity index (χ4n) is 1.09. The second-order valence-electron chi connectivity index (χ2n) is 3.56. The lowest BCUT2D eigenvalue weighted by molar-refractivity contribution is -0.113. The van der Waals surface area contributed by atoms with E-state index in [0.29, 0.717) is 21.6 Å². The number of carbonyl (C=O) groups is 2. The van der Waals surface area contributed by atoms with Crippen LogP contribution in [0.4, 0.5) is 5.69 Å². The molecular formula is C11H15NO3S2. The first kappa shape index (κ1) is 14.1. The fraction of sp³-hybridized carbons (Fsp3) is 0.455. The largest absolute Gasteiger partial charge is 0.465 e. The van der Waals surface area contributed by atoms with Gasteiger partial charge in [0.15, 0.2) is 0 Å².